The monoisotopic (exact) mass is 201 g/mol. The van der Waals surface area contributed by atoms with E-state index in [1.54, 1.807) is 0 Å². The van der Waals surface area contributed by atoms with Crippen molar-refractivity contribution in [3.8, 4) is 0 Å². The fourth-order valence-electron chi connectivity index (χ4n) is 2.49. The fourth-order valence-corrected chi connectivity index (χ4v) is 2.49. The molecule has 1 nitrogen and oxygen atoms in total. The molecule has 0 aromatic carbocycles. The van der Waals surface area contributed by atoms with E-state index in [2.05, 4.69) is 0 Å². The Kier molecular flexibility index (Phi) is 1.30. The first-order valence-corrected chi connectivity index (χ1v) is 3.87. The van der Waals surface area contributed by atoms with Crippen LogP contribution in [0, 0.1) is 10.8 Å². The summed E-state index contributed by atoms with van der Waals surface area (Å²) in [6.45, 7) is -0.363. The smallest absolute Gasteiger partial charge is 0.330 e. The summed E-state index contributed by atoms with van der Waals surface area (Å²) in [6, 6.07) is 0. The molecule has 0 heterocycles. The maximum atomic E-state index is 13.0. The molecule has 0 spiro atoms. The predicted molar refractivity (Wildman–Crippen MR) is 34.2 cm³/mol. The van der Waals surface area contributed by atoms with Crippen LogP contribution in [0.15, 0.2) is 0 Å². The highest BCUT2D eigenvalue weighted by Crippen LogP contribution is 2.85. The van der Waals surface area contributed by atoms with Crippen molar-refractivity contribution in [2.45, 2.75) is 24.9 Å². The SMILES string of the molecule is NCC12CC(C(F)(F)F)(C1)C2(F)F. The van der Waals surface area contributed by atoms with E-state index in [-0.39, 0.29) is 6.54 Å². The van der Waals surface area contributed by atoms with Gasteiger partial charge in [-0.25, -0.2) is 8.78 Å². The van der Waals surface area contributed by atoms with Crippen LogP contribution in [0.1, 0.15) is 12.8 Å². The molecule has 3 aliphatic carbocycles. The van der Waals surface area contributed by atoms with Crippen LogP contribution in [0.2, 0.25) is 0 Å². The van der Waals surface area contributed by atoms with Crippen molar-refractivity contribution in [3.63, 3.8) is 0 Å². The van der Waals surface area contributed by atoms with E-state index in [0.717, 1.165) is 0 Å². The van der Waals surface area contributed by atoms with Gasteiger partial charge in [0.25, 0.3) is 5.92 Å². The lowest BCUT2D eigenvalue weighted by Crippen LogP contribution is -2.85. The van der Waals surface area contributed by atoms with Crippen molar-refractivity contribution >= 4 is 0 Å². The molecule has 3 fully saturated rings. The van der Waals surface area contributed by atoms with E-state index in [0.29, 0.717) is 0 Å². The van der Waals surface area contributed by atoms with Gasteiger partial charge in [-0.15, -0.1) is 0 Å². The highest BCUT2D eigenvalue weighted by Gasteiger charge is 2.95. The highest BCUT2D eigenvalue weighted by molar-refractivity contribution is 5.31. The van der Waals surface area contributed by atoms with Crippen LogP contribution >= 0.6 is 0 Å². The zero-order valence-corrected chi connectivity index (χ0v) is 6.59. The Bertz CT molecular complexity index is 250. The molecule has 0 radical (unpaired) electrons. The maximum Gasteiger partial charge on any atom is 0.400 e. The van der Waals surface area contributed by atoms with Gasteiger partial charge in [-0.2, -0.15) is 13.2 Å². The molecule has 0 amide bonds. The Hall–Kier alpha value is -0.390. The third kappa shape index (κ3) is 0.619. The summed E-state index contributed by atoms with van der Waals surface area (Å²) in [5, 5.41) is 0. The number of hydrogen-bond acceptors (Lipinski definition) is 1. The van der Waals surface area contributed by atoms with Gasteiger partial charge >= 0.3 is 6.18 Å². The van der Waals surface area contributed by atoms with Crippen LogP contribution in [0.4, 0.5) is 22.0 Å². The zero-order chi connectivity index (χ0) is 10.1. The molecule has 3 aliphatic rings. The highest BCUT2D eigenvalue weighted by atomic mass is 19.4. The first-order valence-electron chi connectivity index (χ1n) is 3.87. The summed E-state index contributed by atoms with van der Waals surface area (Å²) in [4.78, 5) is 0. The molecule has 0 atom stereocenters. The molecule has 0 unspecified atom stereocenters. The minimum Gasteiger partial charge on any atom is -0.330 e. The quantitative estimate of drug-likeness (QED) is 0.644. The van der Waals surface area contributed by atoms with Gasteiger partial charge in [-0.05, 0) is 12.8 Å². The van der Waals surface area contributed by atoms with Gasteiger partial charge in [0.05, 0.1) is 0 Å². The van der Waals surface area contributed by atoms with Crippen LogP contribution in [0.3, 0.4) is 0 Å². The van der Waals surface area contributed by atoms with E-state index in [1.165, 1.54) is 0 Å². The molecule has 76 valence electrons. The molecule has 3 rings (SSSR count). The molecule has 0 aromatic heterocycles. The molecular formula is C7H8F5N. The molecule has 3 saturated carbocycles. The summed E-state index contributed by atoms with van der Waals surface area (Å²) in [5.41, 5.74) is 0.733. The molecule has 0 aromatic rings. The van der Waals surface area contributed by atoms with Gasteiger partial charge in [0.2, 0.25) is 0 Å². The third-order valence-electron chi connectivity index (χ3n) is 3.48. The van der Waals surface area contributed by atoms with Crippen molar-refractivity contribution in [3.05, 3.63) is 0 Å². The Balaban J connectivity index is 2.28. The van der Waals surface area contributed by atoms with E-state index < -0.39 is 35.8 Å². The van der Waals surface area contributed by atoms with Gasteiger partial charge in [0.15, 0.2) is 0 Å². The topological polar surface area (TPSA) is 26.0 Å². The second kappa shape index (κ2) is 1.85. The average molecular weight is 201 g/mol. The van der Waals surface area contributed by atoms with Crippen LogP contribution in [-0.4, -0.2) is 18.6 Å². The lowest BCUT2D eigenvalue weighted by Gasteiger charge is -2.74. The van der Waals surface area contributed by atoms with Gasteiger partial charge in [-0.1, -0.05) is 0 Å². The van der Waals surface area contributed by atoms with Crippen molar-refractivity contribution in [1.29, 1.82) is 0 Å². The molecule has 2 N–H and O–H groups in total. The number of hydrogen-bond donors (Lipinski definition) is 1. The Morgan fingerprint density at radius 2 is 1.62 bits per heavy atom. The van der Waals surface area contributed by atoms with Gasteiger partial charge in [-0.3, -0.25) is 0 Å². The number of nitrogens with two attached hydrogens (primary N) is 1. The molecule has 0 aliphatic heterocycles. The lowest BCUT2D eigenvalue weighted by molar-refractivity contribution is -0.485. The number of alkyl halides is 5. The summed E-state index contributed by atoms with van der Waals surface area (Å²) < 4.78 is 62.6. The summed E-state index contributed by atoms with van der Waals surface area (Å²) in [7, 11) is 0. The molecule has 13 heavy (non-hydrogen) atoms. The van der Waals surface area contributed by atoms with Gasteiger partial charge in [0, 0.05) is 12.0 Å². The standard InChI is InChI=1S/C7H8F5N/c8-6(9)4(3-13)1-5(6,2-4)7(10,11)12/h1-3,13H2. The van der Waals surface area contributed by atoms with Crippen LogP contribution < -0.4 is 5.73 Å². The first-order chi connectivity index (χ1) is 5.72. The second-order valence-electron chi connectivity index (χ2n) is 3.99. The first kappa shape index (κ1) is 9.18. The normalized spacial score (nSPS) is 46.6. The van der Waals surface area contributed by atoms with E-state index in [4.69, 9.17) is 5.73 Å². The largest absolute Gasteiger partial charge is 0.400 e. The van der Waals surface area contributed by atoms with Gasteiger partial charge in [0.1, 0.15) is 5.41 Å². The van der Waals surface area contributed by atoms with E-state index >= 15 is 0 Å². The minimum absolute atomic E-state index is 0.363. The van der Waals surface area contributed by atoms with Crippen LogP contribution in [-0.2, 0) is 0 Å². The summed E-state index contributed by atoms with van der Waals surface area (Å²) >= 11 is 0. The Morgan fingerprint density at radius 1 is 1.15 bits per heavy atom. The Labute approximate surface area is 71.1 Å². The Morgan fingerprint density at radius 3 is 1.85 bits per heavy atom. The predicted octanol–water partition coefficient (Wildman–Crippen LogP) is 1.92. The molecule has 2 bridgehead atoms. The van der Waals surface area contributed by atoms with Crippen molar-refractivity contribution in [2.75, 3.05) is 6.54 Å². The van der Waals surface area contributed by atoms with Gasteiger partial charge < -0.3 is 5.73 Å². The van der Waals surface area contributed by atoms with Crippen molar-refractivity contribution in [1.82, 2.24) is 0 Å². The number of rotatable bonds is 1. The van der Waals surface area contributed by atoms with E-state index in [9.17, 15) is 22.0 Å². The molecule has 0 saturated heterocycles. The minimum atomic E-state index is -4.80. The lowest BCUT2D eigenvalue weighted by atomic mass is 9.32. The molecule has 6 heteroatoms. The van der Waals surface area contributed by atoms with Crippen LogP contribution in [0.5, 0.6) is 0 Å². The zero-order valence-electron chi connectivity index (χ0n) is 6.59. The third-order valence-corrected chi connectivity index (χ3v) is 3.48. The maximum absolute atomic E-state index is 13.0. The summed E-state index contributed by atoms with van der Waals surface area (Å²) in [6.07, 6.45) is -5.81. The summed E-state index contributed by atoms with van der Waals surface area (Å²) in [5.74, 6) is -3.65. The average Bonchev–Trinajstić information content (AvgIpc) is 1.81. The molecular weight excluding hydrogens is 193 g/mol. The number of halogens is 5. The van der Waals surface area contributed by atoms with Crippen molar-refractivity contribution < 1.29 is 22.0 Å². The fraction of sp³-hybridized carbons (Fsp3) is 1.00. The second-order valence-corrected chi connectivity index (χ2v) is 3.99. The van der Waals surface area contributed by atoms with Crippen LogP contribution in [0.25, 0.3) is 0 Å². The van der Waals surface area contributed by atoms with Crippen molar-refractivity contribution in [2.24, 2.45) is 16.6 Å². The van der Waals surface area contributed by atoms with E-state index in [1.807, 2.05) is 0 Å².